The first kappa shape index (κ1) is 12.1. The van der Waals surface area contributed by atoms with E-state index in [1.807, 2.05) is 0 Å². The quantitative estimate of drug-likeness (QED) is 0.423. The van der Waals surface area contributed by atoms with Gasteiger partial charge in [-0.3, -0.25) is 9.09 Å². The van der Waals surface area contributed by atoms with Gasteiger partial charge >= 0.3 is 7.60 Å². The highest BCUT2D eigenvalue weighted by Gasteiger charge is 2.44. The third kappa shape index (κ3) is 2.74. The molecular weight excluding hydrogens is 215 g/mol. The maximum Gasteiger partial charge on any atom is 0.327 e. The Balaban J connectivity index is 2.61. The summed E-state index contributed by atoms with van der Waals surface area (Å²) < 4.78 is 20.1. The lowest BCUT2D eigenvalue weighted by Crippen LogP contribution is -2.34. The molecule has 7 nitrogen and oxygen atoms in total. The van der Waals surface area contributed by atoms with E-state index in [2.05, 4.69) is 4.52 Å². The second kappa shape index (κ2) is 4.24. The van der Waals surface area contributed by atoms with Gasteiger partial charge in [0.15, 0.2) is 6.29 Å². The van der Waals surface area contributed by atoms with Crippen LogP contribution >= 0.6 is 7.60 Å². The molecular formula is C6H13O7P. The fourth-order valence-corrected chi connectivity index (χ4v) is 1.71. The van der Waals surface area contributed by atoms with Crippen LogP contribution in [0.2, 0.25) is 0 Å². The monoisotopic (exact) mass is 228 g/mol. The first-order valence-electron chi connectivity index (χ1n) is 3.96. The average molecular weight is 228 g/mol. The molecule has 14 heavy (non-hydrogen) atoms. The summed E-state index contributed by atoms with van der Waals surface area (Å²) in [7, 11) is -3.79. The van der Waals surface area contributed by atoms with E-state index >= 15 is 0 Å². The zero-order valence-electron chi connectivity index (χ0n) is 7.48. The van der Waals surface area contributed by atoms with Crippen LogP contribution in [0.4, 0.5) is 0 Å². The Labute approximate surface area is 80.4 Å². The second-order valence-corrected chi connectivity index (χ2v) is 4.93. The van der Waals surface area contributed by atoms with E-state index in [-0.39, 0.29) is 0 Å². The minimum Gasteiger partial charge on any atom is -0.394 e. The summed E-state index contributed by atoms with van der Waals surface area (Å²) in [6, 6.07) is 0. The maximum atomic E-state index is 10.8. The lowest BCUT2D eigenvalue weighted by Gasteiger charge is -2.16. The molecule has 1 fully saturated rings. The van der Waals surface area contributed by atoms with Crippen molar-refractivity contribution in [1.29, 1.82) is 0 Å². The van der Waals surface area contributed by atoms with Crippen molar-refractivity contribution in [3.8, 4) is 0 Å². The molecule has 0 aromatic carbocycles. The smallest absolute Gasteiger partial charge is 0.327 e. The molecule has 84 valence electrons. The molecule has 0 aromatic heterocycles. The molecule has 0 amide bonds. The van der Waals surface area contributed by atoms with E-state index in [1.54, 1.807) is 0 Å². The van der Waals surface area contributed by atoms with Gasteiger partial charge in [-0.2, -0.15) is 0 Å². The number of aliphatic hydroxyl groups is 3. The summed E-state index contributed by atoms with van der Waals surface area (Å²) >= 11 is 0. The molecule has 1 aliphatic heterocycles. The summed E-state index contributed by atoms with van der Waals surface area (Å²) in [5.41, 5.74) is 0. The number of hydrogen-bond donors (Lipinski definition) is 4. The molecule has 4 N–H and O–H groups in total. The summed E-state index contributed by atoms with van der Waals surface area (Å²) in [5, 5.41) is 27.2. The van der Waals surface area contributed by atoms with Crippen LogP contribution in [0, 0.1) is 0 Å². The fraction of sp³-hybridized carbons (Fsp3) is 1.00. The lowest BCUT2D eigenvalue weighted by molar-refractivity contribution is -0.119. The van der Waals surface area contributed by atoms with Crippen molar-refractivity contribution in [3.63, 3.8) is 0 Å². The van der Waals surface area contributed by atoms with E-state index in [0.717, 1.165) is 6.66 Å². The Morgan fingerprint density at radius 3 is 2.36 bits per heavy atom. The molecule has 1 unspecified atom stereocenters. The molecule has 1 saturated heterocycles. The topological polar surface area (TPSA) is 116 Å². The minimum atomic E-state index is -3.79. The Morgan fingerprint density at radius 2 is 2.00 bits per heavy atom. The third-order valence-electron chi connectivity index (χ3n) is 1.80. The largest absolute Gasteiger partial charge is 0.394 e. The Hall–Kier alpha value is -0.0100. The Bertz CT molecular complexity index is 238. The molecule has 0 bridgehead atoms. The van der Waals surface area contributed by atoms with Gasteiger partial charge in [0.25, 0.3) is 0 Å². The third-order valence-corrected chi connectivity index (χ3v) is 2.40. The molecule has 1 aliphatic rings. The first-order chi connectivity index (χ1) is 6.35. The molecule has 0 spiro atoms. The number of rotatable bonds is 3. The van der Waals surface area contributed by atoms with Gasteiger partial charge in [-0.1, -0.05) is 0 Å². The summed E-state index contributed by atoms with van der Waals surface area (Å²) in [5.74, 6) is 0. The predicted molar refractivity (Wildman–Crippen MR) is 44.6 cm³/mol. The van der Waals surface area contributed by atoms with Gasteiger partial charge in [0.05, 0.1) is 6.61 Å². The highest BCUT2D eigenvalue weighted by atomic mass is 31.2. The van der Waals surface area contributed by atoms with Gasteiger partial charge in [-0.05, 0) is 0 Å². The molecule has 0 radical (unpaired) electrons. The van der Waals surface area contributed by atoms with E-state index < -0.39 is 38.8 Å². The van der Waals surface area contributed by atoms with Gasteiger partial charge in [0.2, 0.25) is 0 Å². The Kier molecular flexibility index (Phi) is 3.65. The number of ether oxygens (including phenoxy) is 1. The Morgan fingerprint density at radius 1 is 1.43 bits per heavy atom. The van der Waals surface area contributed by atoms with E-state index in [1.165, 1.54) is 0 Å². The van der Waals surface area contributed by atoms with Crippen molar-refractivity contribution in [2.45, 2.75) is 24.6 Å². The highest BCUT2D eigenvalue weighted by molar-refractivity contribution is 7.51. The van der Waals surface area contributed by atoms with Crippen molar-refractivity contribution >= 4 is 7.60 Å². The summed E-state index contributed by atoms with van der Waals surface area (Å²) in [6.07, 6.45) is -5.14. The van der Waals surface area contributed by atoms with Crippen LogP contribution < -0.4 is 0 Å². The fourth-order valence-electron chi connectivity index (χ4n) is 1.15. The van der Waals surface area contributed by atoms with Gasteiger partial charge < -0.3 is 24.9 Å². The van der Waals surface area contributed by atoms with E-state index in [9.17, 15) is 14.8 Å². The van der Waals surface area contributed by atoms with Crippen LogP contribution in [0.15, 0.2) is 0 Å². The minimum absolute atomic E-state index is 0.502. The van der Waals surface area contributed by atoms with Gasteiger partial charge in [0.1, 0.15) is 18.3 Å². The van der Waals surface area contributed by atoms with Crippen LogP contribution in [0.3, 0.4) is 0 Å². The molecule has 0 aliphatic carbocycles. The zero-order valence-corrected chi connectivity index (χ0v) is 8.37. The summed E-state index contributed by atoms with van der Waals surface area (Å²) in [4.78, 5) is 8.84. The van der Waals surface area contributed by atoms with Crippen molar-refractivity contribution in [2.75, 3.05) is 13.3 Å². The number of aliphatic hydroxyl groups excluding tert-OH is 3. The average Bonchev–Trinajstić information content (AvgIpc) is 2.30. The molecule has 8 heteroatoms. The SMILES string of the molecule is CP(=O)(O)O[C@H]1O[C@H](CO)[C@@H](O)[C@H]1O. The standard InChI is InChI=1S/C6H13O7P/c1-14(10,11)13-6-5(9)4(8)3(2-7)12-6/h3-9H,2H2,1H3,(H,10,11)/t3-,4-,5-,6-/m1/s1. The second-order valence-electron chi connectivity index (χ2n) is 3.12. The highest BCUT2D eigenvalue weighted by Crippen LogP contribution is 2.41. The van der Waals surface area contributed by atoms with Crippen molar-refractivity contribution in [3.05, 3.63) is 0 Å². The van der Waals surface area contributed by atoms with Crippen molar-refractivity contribution in [1.82, 2.24) is 0 Å². The molecule has 0 aromatic rings. The van der Waals surface area contributed by atoms with Crippen LogP contribution in [-0.4, -0.2) is 58.1 Å². The van der Waals surface area contributed by atoms with Gasteiger partial charge in [-0.25, -0.2) is 0 Å². The maximum absolute atomic E-state index is 10.8. The molecule has 0 saturated carbocycles. The van der Waals surface area contributed by atoms with E-state index in [4.69, 9.17) is 14.7 Å². The zero-order chi connectivity index (χ0) is 10.9. The molecule has 5 atom stereocenters. The normalized spacial score (nSPS) is 42.4. The summed E-state index contributed by atoms with van der Waals surface area (Å²) in [6.45, 7) is 0.430. The molecule has 1 rings (SSSR count). The van der Waals surface area contributed by atoms with Crippen LogP contribution in [-0.2, 0) is 13.8 Å². The van der Waals surface area contributed by atoms with Crippen molar-refractivity contribution < 1.29 is 34.0 Å². The van der Waals surface area contributed by atoms with Gasteiger partial charge in [0, 0.05) is 6.66 Å². The number of hydrogen-bond acceptors (Lipinski definition) is 6. The molecule has 1 heterocycles. The van der Waals surface area contributed by atoms with Crippen LogP contribution in [0.25, 0.3) is 0 Å². The van der Waals surface area contributed by atoms with E-state index in [0.29, 0.717) is 0 Å². The van der Waals surface area contributed by atoms with Gasteiger partial charge in [-0.15, -0.1) is 0 Å². The van der Waals surface area contributed by atoms with Crippen LogP contribution in [0.1, 0.15) is 0 Å². The first-order valence-corrected chi connectivity index (χ1v) is 5.99. The van der Waals surface area contributed by atoms with Crippen molar-refractivity contribution in [2.24, 2.45) is 0 Å². The predicted octanol–water partition coefficient (Wildman–Crippen LogP) is -1.74. The lowest BCUT2D eigenvalue weighted by atomic mass is 10.1. The van der Waals surface area contributed by atoms with Crippen LogP contribution in [0.5, 0.6) is 0 Å².